The maximum atomic E-state index is 5.62. The Morgan fingerprint density at radius 1 is 1.12 bits per heavy atom. The summed E-state index contributed by atoms with van der Waals surface area (Å²) in [7, 11) is 3.33. The van der Waals surface area contributed by atoms with E-state index in [4.69, 9.17) is 9.47 Å². The third-order valence-electron chi connectivity index (χ3n) is 4.70. The topological polar surface area (TPSA) is 61.2 Å². The number of hydrogen-bond donors (Lipinski definition) is 1. The lowest BCUT2D eigenvalue weighted by Gasteiger charge is -2.32. The molecule has 0 aliphatic carbocycles. The van der Waals surface area contributed by atoms with Crippen molar-refractivity contribution in [1.82, 2.24) is 14.8 Å². The van der Waals surface area contributed by atoms with Gasteiger partial charge in [0.15, 0.2) is 0 Å². The van der Waals surface area contributed by atoms with Crippen molar-refractivity contribution >= 4 is 21.9 Å². The van der Waals surface area contributed by atoms with Crippen LogP contribution < -0.4 is 14.8 Å². The van der Waals surface area contributed by atoms with E-state index in [0.717, 1.165) is 33.9 Å². The van der Waals surface area contributed by atoms with Crippen LogP contribution in [0.25, 0.3) is 0 Å². The van der Waals surface area contributed by atoms with E-state index in [1.165, 1.54) is 5.56 Å². The van der Waals surface area contributed by atoms with E-state index in [2.05, 4.69) is 55.6 Å². The van der Waals surface area contributed by atoms with Crippen LogP contribution in [0.15, 0.2) is 53.3 Å². The molecule has 2 aromatic carbocycles. The van der Waals surface area contributed by atoms with Gasteiger partial charge in [0.25, 0.3) is 0 Å². The van der Waals surface area contributed by atoms with E-state index in [1.54, 1.807) is 20.5 Å². The minimum atomic E-state index is 0.0169. The second-order valence-corrected chi connectivity index (χ2v) is 7.05. The molecule has 0 fully saturated rings. The van der Waals surface area contributed by atoms with Crippen molar-refractivity contribution in [2.75, 3.05) is 19.5 Å². The highest BCUT2D eigenvalue weighted by molar-refractivity contribution is 9.10. The number of aromatic nitrogens is 3. The number of benzene rings is 2. The molecular formula is C19H19BrN4O2. The van der Waals surface area contributed by atoms with Crippen LogP contribution in [0.2, 0.25) is 0 Å². The van der Waals surface area contributed by atoms with Crippen LogP contribution in [0.1, 0.15) is 29.6 Å². The van der Waals surface area contributed by atoms with Crippen LogP contribution in [-0.2, 0) is 0 Å². The molecule has 0 amide bonds. The zero-order valence-corrected chi connectivity index (χ0v) is 16.1. The van der Waals surface area contributed by atoms with Crippen molar-refractivity contribution in [1.29, 1.82) is 0 Å². The van der Waals surface area contributed by atoms with Gasteiger partial charge in [0.2, 0.25) is 5.95 Å². The summed E-state index contributed by atoms with van der Waals surface area (Å²) in [6.07, 6.45) is 2.41. The second-order valence-electron chi connectivity index (χ2n) is 6.14. The van der Waals surface area contributed by atoms with Crippen molar-refractivity contribution in [2.24, 2.45) is 0 Å². The molecule has 2 unspecified atom stereocenters. The van der Waals surface area contributed by atoms with E-state index in [0.29, 0.717) is 0 Å². The molecule has 26 heavy (non-hydrogen) atoms. The Morgan fingerprint density at radius 3 is 2.65 bits per heavy atom. The normalized spacial score (nSPS) is 18.7. The molecule has 0 saturated heterocycles. The first kappa shape index (κ1) is 16.9. The molecule has 0 bridgehead atoms. The number of rotatable bonds is 4. The molecule has 2 heterocycles. The lowest BCUT2D eigenvalue weighted by atomic mass is 9.93. The number of hydrogen-bond acceptors (Lipinski definition) is 5. The average molecular weight is 415 g/mol. The highest BCUT2D eigenvalue weighted by Crippen LogP contribution is 2.41. The summed E-state index contributed by atoms with van der Waals surface area (Å²) in [6.45, 7) is 0. The molecule has 2 atom stereocenters. The number of nitrogens with zero attached hydrogens (tertiary/aromatic N) is 3. The fraction of sp³-hybridized carbons (Fsp3) is 0.263. The number of methoxy groups -OCH3 is 2. The van der Waals surface area contributed by atoms with E-state index < -0.39 is 0 Å². The maximum Gasteiger partial charge on any atom is 0.222 e. The molecule has 0 saturated carbocycles. The maximum absolute atomic E-state index is 5.62. The van der Waals surface area contributed by atoms with Gasteiger partial charge in [0.05, 0.1) is 26.3 Å². The molecular weight excluding hydrogens is 396 g/mol. The van der Waals surface area contributed by atoms with Gasteiger partial charge in [0, 0.05) is 16.1 Å². The van der Waals surface area contributed by atoms with Crippen LogP contribution in [0.4, 0.5) is 5.95 Å². The first-order valence-corrected chi connectivity index (χ1v) is 9.12. The molecule has 3 aromatic rings. The van der Waals surface area contributed by atoms with E-state index in [1.807, 2.05) is 22.9 Å². The summed E-state index contributed by atoms with van der Waals surface area (Å²) >= 11 is 3.49. The van der Waals surface area contributed by atoms with Crippen LogP contribution in [-0.4, -0.2) is 29.0 Å². The van der Waals surface area contributed by atoms with E-state index in [9.17, 15) is 0 Å². The Hall–Kier alpha value is -2.54. The van der Waals surface area contributed by atoms with Gasteiger partial charge < -0.3 is 14.8 Å². The molecule has 0 radical (unpaired) electrons. The van der Waals surface area contributed by atoms with Crippen molar-refractivity contribution in [3.8, 4) is 11.5 Å². The van der Waals surface area contributed by atoms with E-state index in [-0.39, 0.29) is 12.1 Å². The Bertz CT molecular complexity index is 910. The minimum absolute atomic E-state index is 0.0169. The van der Waals surface area contributed by atoms with Crippen LogP contribution in [0.5, 0.6) is 11.5 Å². The number of fused-ring (bicyclic) bond motifs is 1. The smallest absolute Gasteiger partial charge is 0.222 e. The monoisotopic (exact) mass is 414 g/mol. The van der Waals surface area contributed by atoms with Crippen molar-refractivity contribution < 1.29 is 9.47 Å². The standard InChI is InChI=1S/C19H19BrN4O2/c1-25-14-7-8-15(18(9-14)26-2)17-10-16(12-3-5-13(20)6-4-12)23-19-21-11-22-24(17)19/h3-9,11,16-17H,10H2,1-2H3,(H,21,22,23). The van der Waals surface area contributed by atoms with Crippen LogP contribution >= 0.6 is 15.9 Å². The van der Waals surface area contributed by atoms with Gasteiger partial charge in [-0.15, -0.1) is 0 Å². The van der Waals surface area contributed by atoms with Gasteiger partial charge in [-0.3, -0.25) is 0 Å². The summed E-state index contributed by atoms with van der Waals surface area (Å²) in [6, 6.07) is 14.4. The third kappa shape index (κ3) is 3.03. The van der Waals surface area contributed by atoms with Crippen LogP contribution in [0, 0.1) is 0 Å². The Balaban J connectivity index is 1.75. The largest absolute Gasteiger partial charge is 0.497 e. The molecule has 134 valence electrons. The third-order valence-corrected chi connectivity index (χ3v) is 5.23. The Morgan fingerprint density at radius 2 is 1.92 bits per heavy atom. The van der Waals surface area contributed by atoms with Crippen molar-refractivity contribution in [3.05, 3.63) is 64.4 Å². The highest BCUT2D eigenvalue weighted by atomic mass is 79.9. The highest BCUT2D eigenvalue weighted by Gasteiger charge is 2.31. The molecule has 1 aliphatic rings. The van der Waals surface area contributed by atoms with E-state index >= 15 is 0 Å². The predicted molar refractivity (Wildman–Crippen MR) is 103 cm³/mol. The lowest BCUT2D eigenvalue weighted by molar-refractivity contribution is 0.371. The van der Waals surface area contributed by atoms with Gasteiger partial charge in [-0.25, -0.2) is 4.68 Å². The predicted octanol–water partition coefficient (Wildman–Crippen LogP) is 4.20. The number of ether oxygens (including phenoxy) is 2. The summed E-state index contributed by atoms with van der Waals surface area (Å²) in [5.41, 5.74) is 2.27. The van der Waals surface area contributed by atoms with Crippen LogP contribution in [0.3, 0.4) is 0 Å². The quantitative estimate of drug-likeness (QED) is 0.692. The molecule has 1 aliphatic heterocycles. The SMILES string of the molecule is COc1ccc(C2CC(c3ccc(Br)cc3)Nc3ncnn32)c(OC)c1. The Labute approximate surface area is 160 Å². The van der Waals surface area contributed by atoms with Crippen molar-refractivity contribution in [2.45, 2.75) is 18.5 Å². The van der Waals surface area contributed by atoms with Gasteiger partial charge >= 0.3 is 0 Å². The zero-order chi connectivity index (χ0) is 18.1. The fourth-order valence-electron chi connectivity index (χ4n) is 3.39. The fourth-order valence-corrected chi connectivity index (χ4v) is 3.65. The molecule has 0 spiro atoms. The van der Waals surface area contributed by atoms with Gasteiger partial charge in [-0.1, -0.05) is 28.1 Å². The number of halogens is 1. The summed E-state index contributed by atoms with van der Waals surface area (Å²) in [5.74, 6) is 2.31. The second kappa shape index (κ2) is 6.99. The number of nitrogens with one attached hydrogen (secondary N) is 1. The minimum Gasteiger partial charge on any atom is -0.497 e. The molecule has 1 aromatic heterocycles. The average Bonchev–Trinajstić information content (AvgIpc) is 3.16. The summed E-state index contributed by atoms with van der Waals surface area (Å²) in [5, 5.41) is 7.90. The molecule has 7 heteroatoms. The molecule has 1 N–H and O–H groups in total. The number of anilines is 1. The first-order valence-electron chi connectivity index (χ1n) is 8.33. The summed E-state index contributed by atoms with van der Waals surface area (Å²) < 4.78 is 13.9. The molecule has 4 rings (SSSR count). The lowest BCUT2D eigenvalue weighted by Crippen LogP contribution is -2.28. The summed E-state index contributed by atoms with van der Waals surface area (Å²) in [4.78, 5) is 4.38. The molecule has 6 nitrogen and oxygen atoms in total. The first-order chi connectivity index (χ1) is 12.7. The zero-order valence-electron chi connectivity index (χ0n) is 14.5. The van der Waals surface area contributed by atoms with Gasteiger partial charge in [0.1, 0.15) is 17.8 Å². The van der Waals surface area contributed by atoms with Gasteiger partial charge in [-0.2, -0.15) is 10.1 Å². The Kier molecular flexibility index (Phi) is 4.55. The van der Waals surface area contributed by atoms with Crippen molar-refractivity contribution in [3.63, 3.8) is 0 Å². The van der Waals surface area contributed by atoms with Gasteiger partial charge in [-0.05, 0) is 36.2 Å².